The molecule has 0 saturated carbocycles. The zero-order valence-electron chi connectivity index (χ0n) is 21.6. The largest absolute Gasteiger partial charge is 0.462 e. The number of piperidine rings is 1. The van der Waals surface area contributed by atoms with Crippen molar-refractivity contribution in [2.45, 2.75) is 75.5 Å². The molecule has 3 aromatic rings. The molecule has 0 amide bonds. The molecule has 3 saturated heterocycles. The second-order valence-corrected chi connectivity index (χ2v) is 11.9. The number of ether oxygens (including phenoxy) is 1. The lowest BCUT2D eigenvalue weighted by atomic mass is 9.85. The highest BCUT2D eigenvalue weighted by atomic mass is 35.5. The van der Waals surface area contributed by atoms with Crippen LogP contribution in [0, 0.1) is 0 Å². The van der Waals surface area contributed by atoms with E-state index in [1.807, 2.05) is 12.1 Å². The van der Waals surface area contributed by atoms with Crippen molar-refractivity contribution in [2.75, 3.05) is 31.6 Å². The van der Waals surface area contributed by atoms with E-state index in [0.717, 1.165) is 42.2 Å². The molecule has 2 aromatic carbocycles. The van der Waals surface area contributed by atoms with Gasteiger partial charge in [0, 0.05) is 41.7 Å². The van der Waals surface area contributed by atoms with E-state index in [-0.39, 0.29) is 0 Å². The fraction of sp³-hybridized carbons (Fsp3) is 0.533. The fourth-order valence-electron chi connectivity index (χ4n) is 7.22. The number of likely N-dealkylation sites (tertiary alicyclic amines) is 1. The molecule has 0 radical (unpaired) electrons. The first-order valence-electron chi connectivity index (χ1n) is 14.0. The van der Waals surface area contributed by atoms with Crippen LogP contribution >= 0.6 is 11.6 Å². The lowest BCUT2D eigenvalue weighted by Gasteiger charge is -2.35. The predicted molar refractivity (Wildman–Crippen MR) is 149 cm³/mol. The van der Waals surface area contributed by atoms with Crippen LogP contribution in [-0.2, 0) is 13.0 Å². The lowest BCUT2D eigenvalue weighted by Crippen LogP contribution is -2.39. The van der Waals surface area contributed by atoms with Crippen LogP contribution in [0.4, 0.5) is 5.69 Å². The lowest BCUT2D eigenvalue weighted by molar-refractivity contribution is 0.186. The molecule has 4 atom stereocenters. The molecule has 4 aliphatic heterocycles. The molecule has 7 heteroatoms. The standard InChI is InChI=1S/C30H36ClN5O/c1-35-13-4-7-23(35)18-37-30-33-26-17-36(27-9-3-6-19-5-2-8-25(31)28(19)27)14-12-24(26)29(34-30)20-15-21-10-11-22(16-20)32-21/h2-3,5-6,8-9,20-23,32H,4,7,10-18H2,1H3/t20-,21+,22-,23-/m0/s1. The molecule has 7 rings (SSSR count). The van der Waals surface area contributed by atoms with Crippen LogP contribution in [0.15, 0.2) is 36.4 Å². The monoisotopic (exact) mass is 517 g/mol. The van der Waals surface area contributed by atoms with Crippen molar-refractivity contribution in [1.82, 2.24) is 20.2 Å². The molecular formula is C30H36ClN5O. The van der Waals surface area contributed by atoms with Gasteiger partial charge in [0.05, 0.1) is 23.0 Å². The first kappa shape index (κ1) is 23.7. The molecule has 194 valence electrons. The van der Waals surface area contributed by atoms with Gasteiger partial charge in [0.15, 0.2) is 0 Å². The maximum absolute atomic E-state index is 6.70. The Morgan fingerprint density at radius 2 is 1.84 bits per heavy atom. The molecule has 5 heterocycles. The first-order valence-corrected chi connectivity index (χ1v) is 14.4. The van der Waals surface area contributed by atoms with Crippen LogP contribution in [0.2, 0.25) is 5.02 Å². The number of likely N-dealkylation sites (N-methyl/N-ethyl adjacent to an activating group) is 1. The van der Waals surface area contributed by atoms with Crippen molar-refractivity contribution in [3.63, 3.8) is 0 Å². The van der Waals surface area contributed by atoms with Crippen LogP contribution in [0.3, 0.4) is 0 Å². The van der Waals surface area contributed by atoms with E-state index in [1.165, 1.54) is 60.9 Å². The van der Waals surface area contributed by atoms with Crippen molar-refractivity contribution in [2.24, 2.45) is 0 Å². The summed E-state index contributed by atoms with van der Waals surface area (Å²) in [7, 11) is 2.19. The molecule has 1 aromatic heterocycles. The van der Waals surface area contributed by atoms with Gasteiger partial charge in [0.1, 0.15) is 6.61 Å². The number of hydrogen-bond donors (Lipinski definition) is 1. The van der Waals surface area contributed by atoms with Gasteiger partial charge in [-0.15, -0.1) is 0 Å². The molecule has 6 nitrogen and oxygen atoms in total. The second-order valence-electron chi connectivity index (χ2n) is 11.5. The van der Waals surface area contributed by atoms with Crippen molar-refractivity contribution in [3.05, 3.63) is 58.4 Å². The highest BCUT2D eigenvalue weighted by molar-refractivity contribution is 6.36. The van der Waals surface area contributed by atoms with Crippen LogP contribution in [0.25, 0.3) is 10.8 Å². The van der Waals surface area contributed by atoms with Crippen molar-refractivity contribution >= 4 is 28.1 Å². The van der Waals surface area contributed by atoms with Crippen molar-refractivity contribution in [3.8, 4) is 6.01 Å². The number of anilines is 1. The molecule has 0 spiro atoms. The summed E-state index contributed by atoms with van der Waals surface area (Å²) in [4.78, 5) is 15.0. The SMILES string of the molecule is CN1CCC[C@H]1COc1nc2c(c([C@H]3C[C@H]4CC[C@@H](C3)N4)n1)CCN(c1cccc3cccc(Cl)c13)C2. The molecule has 37 heavy (non-hydrogen) atoms. The number of fused-ring (bicyclic) bond motifs is 4. The van der Waals surface area contributed by atoms with Gasteiger partial charge < -0.3 is 19.9 Å². The third-order valence-electron chi connectivity index (χ3n) is 9.19. The van der Waals surface area contributed by atoms with E-state index >= 15 is 0 Å². The van der Waals surface area contributed by atoms with Gasteiger partial charge in [-0.05, 0) is 81.6 Å². The second kappa shape index (κ2) is 9.72. The average molecular weight is 518 g/mol. The summed E-state index contributed by atoms with van der Waals surface area (Å²) in [5, 5.41) is 6.90. The summed E-state index contributed by atoms with van der Waals surface area (Å²) < 4.78 is 6.34. The van der Waals surface area contributed by atoms with Gasteiger partial charge in [-0.2, -0.15) is 9.97 Å². The van der Waals surface area contributed by atoms with Crippen molar-refractivity contribution < 1.29 is 4.74 Å². The summed E-state index contributed by atoms with van der Waals surface area (Å²) >= 11 is 6.70. The zero-order valence-corrected chi connectivity index (χ0v) is 22.4. The topological polar surface area (TPSA) is 53.5 Å². The molecule has 4 aliphatic rings. The Balaban J connectivity index is 1.23. The first-order chi connectivity index (χ1) is 18.1. The van der Waals surface area contributed by atoms with Gasteiger partial charge in [-0.25, -0.2) is 0 Å². The normalized spacial score (nSPS) is 27.6. The number of benzene rings is 2. The number of nitrogens with zero attached hydrogens (tertiary/aromatic N) is 4. The average Bonchev–Trinajstić information content (AvgIpc) is 3.49. The molecular weight excluding hydrogens is 482 g/mol. The predicted octanol–water partition coefficient (Wildman–Crippen LogP) is 5.32. The number of aromatic nitrogens is 2. The minimum absolute atomic E-state index is 0.451. The third kappa shape index (κ3) is 4.47. The van der Waals surface area contributed by atoms with E-state index in [4.69, 9.17) is 26.3 Å². The van der Waals surface area contributed by atoms with Gasteiger partial charge in [0.25, 0.3) is 0 Å². The maximum Gasteiger partial charge on any atom is 0.316 e. The van der Waals surface area contributed by atoms with Crippen LogP contribution in [0.5, 0.6) is 6.01 Å². The number of hydrogen-bond acceptors (Lipinski definition) is 6. The van der Waals surface area contributed by atoms with E-state index in [9.17, 15) is 0 Å². The Morgan fingerprint density at radius 3 is 2.62 bits per heavy atom. The van der Waals surface area contributed by atoms with E-state index in [2.05, 4.69) is 46.4 Å². The van der Waals surface area contributed by atoms with Gasteiger partial charge in [-0.1, -0.05) is 35.9 Å². The summed E-state index contributed by atoms with van der Waals surface area (Å²) in [6, 6.07) is 14.9. The smallest absolute Gasteiger partial charge is 0.316 e. The maximum atomic E-state index is 6.70. The Labute approximate surface area is 224 Å². The summed E-state index contributed by atoms with van der Waals surface area (Å²) in [5.74, 6) is 0.491. The van der Waals surface area contributed by atoms with Crippen molar-refractivity contribution in [1.29, 1.82) is 0 Å². The Hall–Kier alpha value is -2.41. The van der Waals surface area contributed by atoms with Crippen LogP contribution in [0.1, 0.15) is 61.4 Å². The molecule has 0 aliphatic carbocycles. The highest BCUT2D eigenvalue weighted by Gasteiger charge is 2.37. The summed E-state index contributed by atoms with van der Waals surface area (Å²) in [6.45, 7) is 3.50. The molecule has 3 fully saturated rings. The van der Waals surface area contributed by atoms with E-state index < -0.39 is 0 Å². The minimum Gasteiger partial charge on any atom is -0.462 e. The van der Waals surface area contributed by atoms with Gasteiger partial charge in [-0.3, -0.25) is 0 Å². The Kier molecular flexibility index (Phi) is 6.22. The van der Waals surface area contributed by atoms with Crippen LogP contribution < -0.4 is 15.0 Å². The van der Waals surface area contributed by atoms with Gasteiger partial charge >= 0.3 is 6.01 Å². The zero-order chi connectivity index (χ0) is 24.9. The Morgan fingerprint density at radius 1 is 1.03 bits per heavy atom. The number of halogens is 1. The third-order valence-corrected chi connectivity index (χ3v) is 9.50. The number of nitrogens with one attached hydrogen (secondary N) is 1. The summed E-state index contributed by atoms with van der Waals surface area (Å²) in [5.41, 5.74) is 4.93. The quantitative estimate of drug-likeness (QED) is 0.494. The highest BCUT2D eigenvalue weighted by Crippen LogP contribution is 2.41. The van der Waals surface area contributed by atoms with E-state index in [1.54, 1.807) is 0 Å². The fourth-order valence-corrected chi connectivity index (χ4v) is 7.50. The Bertz CT molecular complexity index is 1300. The number of rotatable bonds is 5. The van der Waals surface area contributed by atoms with E-state index in [0.29, 0.717) is 36.7 Å². The molecule has 0 unspecified atom stereocenters. The summed E-state index contributed by atoms with van der Waals surface area (Å²) in [6.07, 6.45) is 8.31. The van der Waals surface area contributed by atoms with Gasteiger partial charge in [0.2, 0.25) is 0 Å². The molecule has 2 bridgehead atoms. The van der Waals surface area contributed by atoms with Crippen LogP contribution in [-0.4, -0.2) is 59.7 Å². The molecule has 1 N–H and O–H groups in total. The minimum atomic E-state index is 0.451.